The third-order valence-electron chi connectivity index (χ3n) is 4.46. The summed E-state index contributed by atoms with van der Waals surface area (Å²) in [6, 6.07) is 5.01. The summed E-state index contributed by atoms with van der Waals surface area (Å²) < 4.78 is 13.8. The summed E-state index contributed by atoms with van der Waals surface area (Å²) in [5, 5.41) is 3.65. The SMILES string of the molecule is CC1CC2CNCC2N1C(=O)Cc1c(F)cccc1Cl. The van der Waals surface area contributed by atoms with E-state index < -0.39 is 5.82 Å². The Morgan fingerprint density at radius 1 is 1.50 bits per heavy atom. The summed E-state index contributed by atoms with van der Waals surface area (Å²) in [6.45, 7) is 3.88. The van der Waals surface area contributed by atoms with Gasteiger partial charge in [-0.3, -0.25) is 4.79 Å². The predicted molar refractivity (Wildman–Crippen MR) is 76.2 cm³/mol. The van der Waals surface area contributed by atoms with Crippen LogP contribution >= 0.6 is 11.6 Å². The number of rotatable bonds is 2. The molecule has 2 aliphatic rings. The summed E-state index contributed by atoms with van der Waals surface area (Å²) in [5.41, 5.74) is 0.306. The number of likely N-dealkylation sites (tertiary alicyclic amines) is 1. The quantitative estimate of drug-likeness (QED) is 0.908. The summed E-state index contributed by atoms with van der Waals surface area (Å²) in [6.07, 6.45) is 1.06. The Hall–Kier alpha value is -1.13. The minimum Gasteiger partial charge on any atom is -0.335 e. The molecular weight excluding hydrogens is 279 g/mol. The lowest BCUT2D eigenvalue weighted by atomic mass is 10.0. The number of amides is 1. The highest BCUT2D eigenvalue weighted by molar-refractivity contribution is 6.31. The van der Waals surface area contributed by atoms with Gasteiger partial charge in [0.15, 0.2) is 0 Å². The van der Waals surface area contributed by atoms with Crippen LogP contribution in [0.3, 0.4) is 0 Å². The van der Waals surface area contributed by atoms with Crippen LogP contribution in [-0.2, 0) is 11.2 Å². The van der Waals surface area contributed by atoms with Crippen molar-refractivity contribution in [3.63, 3.8) is 0 Å². The van der Waals surface area contributed by atoms with Crippen molar-refractivity contribution in [3.05, 3.63) is 34.6 Å². The maximum absolute atomic E-state index is 13.8. The Bertz CT molecular complexity index is 516. The molecule has 2 heterocycles. The Labute approximate surface area is 123 Å². The van der Waals surface area contributed by atoms with E-state index >= 15 is 0 Å². The molecule has 0 bridgehead atoms. The van der Waals surface area contributed by atoms with Crippen LogP contribution in [0.2, 0.25) is 5.02 Å². The zero-order valence-corrected chi connectivity index (χ0v) is 12.2. The molecule has 2 aliphatic heterocycles. The monoisotopic (exact) mass is 296 g/mol. The molecule has 1 aromatic rings. The summed E-state index contributed by atoms with van der Waals surface area (Å²) in [7, 11) is 0. The molecule has 3 rings (SSSR count). The van der Waals surface area contributed by atoms with Crippen LogP contribution < -0.4 is 5.32 Å². The van der Waals surface area contributed by atoms with Crippen molar-refractivity contribution in [1.29, 1.82) is 0 Å². The Morgan fingerprint density at radius 3 is 3.05 bits per heavy atom. The van der Waals surface area contributed by atoms with Crippen molar-refractivity contribution < 1.29 is 9.18 Å². The molecular formula is C15H18ClFN2O. The molecule has 2 fully saturated rings. The van der Waals surface area contributed by atoms with Crippen LogP contribution in [0.25, 0.3) is 0 Å². The average molecular weight is 297 g/mol. The van der Waals surface area contributed by atoms with Crippen LogP contribution in [-0.4, -0.2) is 36.0 Å². The van der Waals surface area contributed by atoms with Gasteiger partial charge in [0.1, 0.15) is 5.82 Å². The minimum atomic E-state index is -0.404. The number of carbonyl (C=O) groups is 1. The van der Waals surface area contributed by atoms with Gasteiger partial charge >= 0.3 is 0 Å². The molecule has 1 amide bonds. The maximum Gasteiger partial charge on any atom is 0.227 e. The Balaban J connectivity index is 1.79. The normalized spacial score (nSPS) is 28.8. The summed E-state index contributed by atoms with van der Waals surface area (Å²) in [5.74, 6) is 0.101. The second kappa shape index (κ2) is 5.34. The molecule has 3 nitrogen and oxygen atoms in total. The highest BCUT2D eigenvalue weighted by Crippen LogP contribution is 2.33. The van der Waals surface area contributed by atoms with E-state index in [-0.39, 0.29) is 24.4 Å². The summed E-state index contributed by atoms with van der Waals surface area (Å²) in [4.78, 5) is 14.5. The van der Waals surface area contributed by atoms with E-state index in [4.69, 9.17) is 11.6 Å². The standard InChI is InChI=1S/C15H18ClFN2O/c1-9-5-10-7-18-8-14(10)19(9)15(20)6-11-12(16)3-2-4-13(11)17/h2-4,9-10,14,18H,5-8H2,1H3. The molecule has 20 heavy (non-hydrogen) atoms. The number of benzene rings is 1. The fourth-order valence-corrected chi connectivity index (χ4v) is 3.77. The molecule has 5 heteroatoms. The maximum atomic E-state index is 13.8. The van der Waals surface area contributed by atoms with Crippen LogP contribution in [0.1, 0.15) is 18.9 Å². The van der Waals surface area contributed by atoms with E-state index in [1.54, 1.807) is 12.1 Å². The van der Waals surface area contributed by atoms with Crippen molar-refractivity contribution in [2.24, 2.45) is 5.92 Å². The van der Waals surface area contributed by atoms with Gasteiger partial charge in [0.2, 0.25) is 5.91 Å². The van der Waals surface area contributed by atoms with Gasteiger partial charge in [-0.1, -0.05) is 17.7 Å². The first-order chi connectivity index (χ1) is 9.58. The van der Waals surface area contributed by atoms with E-state index in [0.717, 1.165) is 19.5 Å². The van der Waals surface area contributed by atoms with Crippen molar-refractivity contribution in [1.82, 2.24) is 10.2 Å². The first-order valence-corrected chi connectivity index (χ1v) is 7.40. The van der Waals surface area contributed by atoms with Gasteiger partial charge < -0.3 is 10.2 Å². The molecule has 0 saturated carbocycles. The second-order valence-corrected chi connectivity index (χ2v) is 6.16. The molecule has 3 unspecified atom stereocenters. The molecule has 0 spiro atoms. The first kappa shape index (κ1) is 13.8. The van der Waals surface area contributed by atoms with Crippen LogP contribution in [0.15, 0.2) is 18.2 Å². The number of nitrogens with zero attached hydrogens (tertiary/aromatic N) is 1. The molecule has 1 aromatic carbocycles. The topological polar surface area (TPSA) is 32.3 Å². The van der Waals surface area contributed by atoms with Crippen molar-refractivity contribution >= 4 is 17.5 Å². The first-order valence-electron chi connectivity index (χ1n) is 7.02. The van der Waals surface area contributed by atoms with Gasteiger partial charge in [-0.2, -0.15) is 0 Å². The van der Waals surface area contributed by atoms with E-state index in [9.17, 15) is 9.18 Å². The molecule has 108 valence electrons. The van der Waals surface area contributed by atoms with Gasteiger partial charge in [-0.25, -0.2) is 4.39 Å². The van der Waals surface area contributed by atoms with Gasteiger partial charge in [-0.15, -0.1) is 0 Å². The van der Waals surface area contributed by atoms with Crippen LogP contribution in [0.4, 0.5) is 4.39 Å². The largest absolute Gasteiger partial charge is 0.335 e. The van der Waals surface area contributed by atoms with Crippen LogP contribution in [0.5, 0.6) is 0 Å². The number of fused-ring (bicyclic) bond motifs is 1. The van der Waals surface area contributed by atoms with E-state index in [1.807, 2.05) is 4.90 Å². The number of halogens is 2. The number of nitrogens with one attached hydrogen (secondary N) is 1. The van der Waals surface area contributed by atoms with E-state index in [0.29, 0.717) is 16.5 Å². The molecule has 0 radical (unpaired) electrons. The van der Waals surface area contributed by atoms with Gasteiger partial charge in [0.05, 0.1) is 6.42 Å². The zero-order valence-electron chi connectivity index (χ0n) is 11.4. The second-order valence-electron chi connectivity index (χ2n) is 5.75. The van der Waals surface area contributed by atoms with E-state index in [2.05, 4.69) is 12.2 Å². The number of carbonyl (C=O) groups excluding carboxylic acids is 1. The van der Waals surface area contributed by atoms with Crippen molar-refractivity contribution in [3.8, 4) is 0 Å². The smallest absolute Gasteiger partial charge is 0.227 e. The molecule has 3 atom stereocenters. The highest BCUT2D eigenvalue weighted by Gasteiger charge is 2.43. The Morgan fingerprint density at radius 2 is 2.30 bits per heavy atom. The lowest BCUT2D eigenvalue weighted by Crippen LogP contribution is -2.43. The van der Waals surface area contributed by atoms with Gasteiger partial charge in [-0.05, 0) is 31.4 Å². The fraction of sp³-hybridized carbons (Fsp3) is 0.533. The fourth-order valence-electron chi connectivity index (χ4n) is 3.54. The lowest BCUT2D eigenvalue weighted by molar-refractivity contribution is -0.133. The molecule has 1 N–H and O–H groups in total. The third-order valence-corrected chi connectivity index (χ3v) is 4.81. The number of hydrogen-bond acceptors (Lipinski definition) is 2. The Kier molecular flexibility index (Phi) is 3.69. The lowest BCUT2D eigenvalue weighted by Gasteiger charge is -2.28. The zero-order chi connectivity index (χ0) is 14.3. The predicted octanol–water partition coefficient (Wildman–Crippen LogP) is 2.23. The van der Waals surface area contributed by atoms with Gasteiger partial charge in [0.25, 0.3) is 0 Å². The highest BCUT2D eigenvalue weighted by atomic mass is 35.5. The van der Waals surface area contributed by atoms with Crippen molar-refractivity contribution in [2.45, 2.75) is 31.8 Å². The molecule has 2 saturated heterocycles. The summed E-state index contributed by atoms with van der Waals surface area (Å²) >= 11 is 6.00. The van der Waals surface area contributed by atoms with Crippen molar-refractivity contribution in [2.75, 3.05) is 13.1 Å². The van der Waals surface area contributed by atoms with Crippen LogP contribution in [0, 0.1) is 11.7 Å². The average Bonchev–Trinajstić information content (AvgIpc) is 2.93. The minimum absolute atomic E-state index is 0.0271. The molecule has 0 aliphatic carbocycles. The van der Waals surface area contributed by atoms with Gasteiger partial charge in [0, 0.05) is 35.8 Å². The number of hydrogen-bond donors (Lipinski definition) is 1. The van der Waals surface area contributed by atoms with E-state index in [1.165, 1.54) is 6.07 Å². The third kappa shape index (κ3) is 2.31. The molecule has 0 aromatic heterocycles.